The van der Waals surface area contributed by atoms with Crippen molar-refractivity contribution < 1.29 is 4.79 Å². The zero-order valence-electron chi connectivity index (χ0n) is 11.2. The molecule has 1 aliphatic rings. The summed E-state index contributed by atoms with van der Waals surface area (Å²) in [5.74, 6) is 1.08. The summed E-state index contributed by atoms with van der Waals surface area (Å²) in [6, 6.07) is 0.255. The fraction of sp³-hybridized carbons (Fsp3) is 0.917. The quantitative estimate of drug-likeness (QED) is 0.786. The number of piperazine rings is 1. The van der Waals surface area contributed by atoms with Gasteiger partial charge in [0.15, 0.2) is 0 Å². The van der Waals surface area contributed by atoms with Crippen LogP contribution in [0.25, 0.3) is 0 Å². The van der Waals surface area contributed by atoms with E-state index in [9.17, 15) is 4.79 Å². The van der Waals surface area contributed by atoms with E-state index in [4.69, 9.17) is 5.73 Å². The third-order valence-corrected chi connectivity index (χ3v) is 3.95. The van der Waals surface area contributed by atoms with Gasteiger partial charge < -0.3 is 10.6 Å². The van der Waals surface area contributed by atoms with E-state index in [0.717, 1.165) is 38.4 Å². The number of carbonyl (C=O) groups excluding carboxylic acids is 1. The Morgan fingerprint density at radius 1 is 1.29 bits per heavy atom. The van der Waals surface area contributed by atoms with Gasteiger partial charge in [-0.1, -0.05) is 0 Å². The van der Waals surface area contributed by atoms with Crippen LogP contribution in [0.4, 0.5) is 0 Å². The Balaban J connectivity index is 2.35. The largest absolute Gasteiger partial charge is 0.339 e. The highest BCUT2D eigenvalue weighted by atomic mass is 32.2. The third kappa shape index (κ3) is 4.48. The Hall–Kier alpha value is -0.260. The minimum atomic E-state index is -0.312. The summed E-state index contributed by atoms with van der Waals surface area (Å²) in [4.78, 5) is 16.4. The summed E-state index contributed by atoms with van der Waals surface area (Å²) in [5, 5.41) is 0. The van der Waals surface area contributed by atoms with Gasteiger partial charge in [0.05, 0.1) is 6.04 Å². The molecule has 100 valence electrons. The van der Waals surface area contributed by atoms with Gasteiger partial charge in [0.1, 0.15) is 0 Å². The van der Waals surface area contributed by atoms with Gasteiger partial charge in [-0.05, 0) is 32.3 Å². The highest BCUT2D eigenvalue weighted by Crippen LogP contribution is 2.08. The van der Waals surface area contributed by atoms with Crippen molar-refractivity contribution in [2.45, 2.75) is 32.4 Å². The molecule has 4 nitrogen and oxygen atoms in total. The Morgan fingerprint density at radius 3 is 2.35 bits per heavy atom. The van der Waals surface area contributed by atoms with Crippen LogP contribution in [-0.4, -0.2) is 66.0 Å². The molecule has 1 heterocycles. The second kappa shape index (κ2) is 7.24. The molecule has 0 bridgehead atoms. The van der Waals surface area contributed by atoms with E-state index in [-0.39, 0.29) is 11.9 Å². The zero-order chi connectivity index (χ0) is 12.8. The summed E-state index contributed by atoms with van der Waals surface area (Å²) in [6.45, 7) is 7.98. The van der Waals surface area contributed by atoms with E-state index in [1.807, 2.05) is 11.2 Å². The molecule has 0 saturated carbocycles. The molecule has 0 aromatic carbocycles. The van der Waals surface area contributed by atoms with Gasteiger partial charge >= 0.3 is 0 Å². The van der Waals surface area contributed by atoms with Crippen molar-refractivity contribution >= 4 is 17.7 Å². The summed E-state index contributed by atoms with van der Waals surface area (Å²) in [7, 11) is 0. The normalized spacial score (nSPS) is 19.7. The SMILES string of the molecule is CSCC[C@@H](N)C(=O)N1CCN(C(C)C)CC1. The molecule has 0 spiro atoms. The van der Waals surface area contributed by atoms with Crippen LogP contribution in [0, 0.1) is 0 Å². The van der Waals surface area contributed by atoms with Crippen molar-refractivity contribution in [1.29, 1.82) is 0 Å². The average molecular weight is 259 g/mol. The van der Waals surface area contributed by atoms with Crippen LogP contribution >= 0.6 is 11.8 Å². The number of nitrogens with zero attached hydrogens (tertiary/aromatic N) is 2. The molecule has 1 fully saturated rings. The lowest BCUT2D eigenvalue weighted by Crippen LogP contribution is -2.54. The summed E-state index contributed by atoms with van der Waals surface area (Å²) in [6.07, 6.45) is 2.82. The maximum absolute atomic E-state index is 12.1. The number of carbonyl (C=O) groups is 1. The predicted molar refractivity (Wildman–Crippen MR) is 74.3 cm³/mol. The number of rotatable bonds is 5. The van der Waals surface area contributed by atoms with Gasteiger partial charge in [-0.25, -0.2) is 0 Å². The van der Waals surface area contributed by atoms with Crippen LogP contribution in [0.5, 0.6) is 0 Å². The molecule has 0 unspecified atom stereocenters. The fourth-order valence-electron chi connectivity index (χ4n) is 2.06. The number of nitrogens with two attached hydrogens (primary N) is 1. The summed E-state index contributed by atoms with van der Waals surface area (Å²) in [5.41, 5.74) is 5.91. The second-order valence-corrected chi connectivity index (χ2v) is 5.83. The lowest BCUT2D eigenvalue weighted by molar-refractivity contribution is -0.134. The van der Waals surface area contributed by atoms with Crippen LogP contribution in [0.1, 0.15) is 20.3 Å². The molecule has 1 aliphatic heterocycles. The highest BCUT2D eigenvalue weighted by Gasteiger charge is 2.25. The van der Waals surface area contributed by atoms with Crippen LogP contribution < -0.4 is 5.73 Å². The van der Waals surface area contributed by atoms with Gasteiger partial charge in [0.25, 0.3) is 0 Å². The molecular formula is C12H25N3OS. The molecule has 17 heavy (non-hydrogen) atoms. The molecule has 5 heteroatoms. The van der Waals surface area contributed by atoms with Crippen molar-refractivity contribution in [2.75, 3.05) is 38.2 Å². The third-order valence-electron chi connectivity index (χ3n) is 3.31. The van der Waals surface area contributed by atoms with E-state index in [0.29, 0.717) is 6.04 Å². The molecule has 0 aliphatic carbocycles. The lowest BCUT2D eigenvalue weighted by Gasteiger charge is -2.37. The molecule has 1 rings (SSSR count). The van der Waals surface area contributed by atoms with Gasteiger partial charge in [-0.15, -0.1) is 0 Å². The topological polar surface area (TPSA) is 49.6 Å². The van der Waals surface area contributed by atoms with E-state index in [1.165, 1.54) is 0 Å². The summed E-state index contributed by atoms with van der Waals surface area (Å²) < 4.78 is 0. The predicted octanol–water partition coefficient (Wildman–Crippen LogP) is 0.619. The number of hydrogen-bond acceptors (Lipinski definition) is 4. The van der Waals surface area contributed by atoms with Crippen molar-refractivity contribution in [3.05, 3.63) is 0 Å². The number of hydrogen-bond donors (Lipinski definition) is 1. The molecule has 0 aromatic rings. The van der Waals surface area contributed by atoms with Crippen molar-refractivity contribution in [3.63, 3.8) is 0 Å². The van der Waals surface area contributed by atoms with Crippen LogP contribution in [0.2, 0.25) is 0 Å². The van der Waals surface area contributed by atoms with E-state index >= 15 is 0 Å². The first-order valence-corrected chi connectivity index (χ1v) is 7.73. The smallest absolute Gasteiger partial charge is 0.239 e. The lowest BCUT2D eigenvalue weighted by atomic mass is 10.2. The minimum Gasteiger partial charge on any atom is -0.339 e. The van der Waals surface area contributed by atoms with Crippen LogP contribution in [-0.2, 0) is 4.79 Å². The molecule has 0 radical (unpaired) electrons. The monoisotopic (exact) mass is 259 g/mol. The molecule has 1 amide bonds. The van der Waals surface area contributed by atoms with E-state index in [2.05, 4.69) is 18.7 Å². The highest BCUT2D eigenvalue weighted by molar-refractivity contribution is 7.98. The Labute approximate surface area is 109 Å². The average Bonchev–Trinajstić information content (AvgIpc) is 2.35. The van der Waals surface area contributed by atoms with Gasteiger partial charge in [0.2, 0.25) is 5.91 Å². The van der Waals surface area contributed by atoms with Crippen LogP contribution in [0.15, 0.2) is 0 Å². The standard InChI is InChI=1S/C12H25N3OS/c1-10(2)14-5-7-15(8-6-14)12(16)11(13)4-9-17-3/h10-11H,4-9,13H2,1-3H3/t11-/m1/s1. The first kappa shape index (κ1) is 14.8. The maximum Gasteiger partial charge on any atom is 0.239 e. The maximum atomic E-state index is 12.1. The fourth-order valence-corrected chi connectivity index (χ4v) is 2.55. The number of amides is 1. The van der Waals surface area contributed by atoms with Gasteiger partial charge in [-0.2, -0.15) is 11.8 Å². The van der Waals surface area contributed by atoms with Crippen molar-refractivity contribution in [3.8, 4) is 0 Å². The molecule has 1 atom stereocenters. The second-order valence-electron chi connectivity index (χ2n) is 4.84. The Kier molecular flexibility index (Phi) is 6.30. The Bertz CT molecular complexity index is 240. The first-order valence-electron chi connectivity index (χ1n) is 6.33. The molecule has 2 N–H and O–H groups in total. The molecular weight excluding hydrogens is 234 g/mol. The first-order chi connectivity index (χ1) is 8.06. The van der Waals surface area contributed by atoms with Gasteiger partial charge in [0, 0.05) is 32.2 Å². The van der Waals surface area contributed by atoms with Crippen molar-refractivity contribution in [1.82, 2.24) is 9.80 Å². The summed E-state index contributed by atoms with van der Waals surface area (Å²) >= 11 is 1.74. The minimum absolute atomic E-state index is 0.127. The van der Waals surface area contributed by atoms with E-state index in [1.54, 1.807) is 11.8 Å². The number of thioether (sulfide) groups is 1. The molecule has 0 aromatic heterocycles. The van der Waals surface area contributed by atoms with Gasteiger partial charge in [-0.3, -0.25) is 9.69 Å². The van der Waals surface area contributed by atoms with E-state index < -0.39 is 0 Å². The van der Waals surface area contributed by atoms with Crippen molar-refractivity contribution in [2.24, 2.45) is 5.73 Å². The zero-order valence-corrected chi connectivity index (χ0v) is 12.0. The van der Waals surface area contributed by atoms with Crippen LogP contribution in [0.3, 0.4) is 0 Å². The molecule has 1 saturated heterocycles. The Morgan fingerprint density at radius 2 is 1.88 bits per heavy atom.